The molecule has 0 spiro atoms. The standard InChI is InChI=1S/C18H22N2O/c19-17-3-1-2-15-11-20(12-16(15)17)8-6-13-4-5-18-14(10-13)7-9-21-18/h4-5,10-12,17H,1-3,6-9,19H2. The summed E-state index contributed by atoms with van der Waals surface area (Å²) in [5.74, 6) is 1.07. The van der Waals surface area contributed by atoms with E-state index >= 15 is 0 Å². The largest absolute Gasteiger partial charge is 0.493 e. The number of hydrogen-bond acceptors (Lipinski definition) is 2. The minimum Gasteiger partial charge on any atom is -0.493 e. The van der Waals surface area contributed by atoms with Gasteiger partial charge in [-0.3, -0.25) is 0 Å². The SMILES string of the molecule is NC1CCCc2cn(CCc3ccc4c(c3)CCO4)cc21. The number of rotatable bonds is 3. The number of ether oxygens (including phenoxy) is 1. The predicted octanol–water partition coefficient (Wildman–Crippen LogP) is 3.00. The molecular formula is C18H22N2O. The summed E-state index contributed by atoms with van der Waals surface area (Å²) in [6, 6.07) is 6.86. The van der Waals surface area contributed by atoms with E-state index < -0.39 is 0 Å². The molecule has 0 fully saturated rings. The minimum absolute atomic E-state index is 0.243. The van der Waals surface area contributed by atoms with E-state index in [1.54, 1.807) is 0 Å². The summed E-state index contributed by atoms with van der Waals surface area (Å²) in [5.41, 5.74) is 11.8. The number of hydrogen-bond donors (Lipinski definition) is 1. The lowest BCUT2D eigenvalue weighted by Crippen LogP contribution is -2.15. The van der Waals surface area contributed by atoms with E-state index in [-0.39, 0.29) is 6.04 Å². The van der Waals surface area contributed by atoms with Crippen molar-refractivity contribution >= 4 is 0 Å². The van der Waals surface area contributed by atoms with Gasteiger partial charge in [0.2, 0.25) is 0 Å². The lowest BCUT2D eigenvalue weighted by atomic mass is 9.92. The van der Waals surface area contributed by atoms with Crippen LogP contribution >= 0.6 is 0 Å². The first-order valence-electron chi connectivity index (χ1n) is 7.98. The maximum Gasteiger partial charge on any atom is 0.122 e. The highest BCUT2D eigenvalue weighted by Gasteiger charge is 2.18. The average molecular weight is 282 g/mol. The van der Waals surface area contributed by atoms with Crippen LogP contribution in [0.2, 0.25) is 0 Å². The molecule has 110 valence electrons. The Balaban J connectivity index is 1.47. The Kier molecular flexibility index (Phi) is 3.23. The summed E-state index contributed by atoms with van der Waals surface area (Å²) in [6.07, 6.45) is 10.2. The molecule has 3 heteroatoms. The van der Waals surface area contributed by atoms with Gasteiger partial charge in [0, 0.05) is 31.4 Å². The van der Waals surface area contributed by atoms with E-state index in [0.717, 1.165) is 38.2 Å². The Morgan fingerprint density at radius 3 is 3.05 bits per heavy atom. The third-order valence-electron chi connectivity index (χ3n) is 4.77. The van der Waals surface area contributed by atoms with Crippen LogP contribution in [0.15, 0.2) is 30.6 Å². The van der Waals surface area contributed by atoms with E-state index in [1.807, 2.05) is 0 Å². The zero-order valence-corrected chi connectivity index (χ0v) is 12.3. The van der Waals surface area contributed by atoms with Crippen LogP contribution in [0, 0.1) is 0 Å². The fourth-order valence-electron chi connectivity index (χ4n) is 3.57. The quantitative estimate of drug-likeness (QED) is 0.940. The molecule has 2 N–H and O–H groups in total. The van der Waals surface area contributed by atoms with Crippen LogP contribution in [0.25, 0.3) is 0 Å². The molecule has 3 nitrogen and oxygen atoms in total. The van der Waals surface area contributed by atoms with Crippen molar-refractivity contribution in [1.82, 2.24) is 4.57 Å². The number of nitrogens with two attached hydrogens (primary N) is 1. The number of fused-ring (bicyclic) bond motifs is 2. The Bertz CT molecular complexity index is 659. The highest BCUT2D eigenvalue weighted by atomic mass is 16.5. The van der Waals surface area contributed by atoms with E-state index in [2.05, 4.69) is 35.2 Å². The average Bonchev–Trinajstić information content (AvgIpc) is 3.11. The van der Waals surface area contributed by atoms with Gasteiger partial charge in [0.15, 0.2) is 0 Å². The molecule has 0 saturated carbocycles. The van der Waals surface area contributed by atoms with Gasteiger partial charge >= 0.3 is 0 Å². The molecule has 0 amide bonds. The van der Waals surface area contributed by atoms with Gasteiger partial charge in [-0.2, -0.15) is 0 Å². The van der Waals surface area contributed by atoms with Crippen LogP contribution in [0.3, 0.4) is 0 Å². The summed E-state index contributed by atoms with van der Waals surface area (Å²) < 4.78 is 7.88. The van der Waals surface area contributed by atoms with Gasteiger partial charge in [-0.25, -0.2) is 0 Å². The molecule has 1 aromatic heterocycles. The fourth-order valence-corrected chi connectivity index (χ4v) is 3.57. The second-order valence-corrected chi connectivity index (χ2v) is 6.27. The monoisotopic (exact) mass is 282 g/mol. The summed E-state index contributed by atoms with van der Waals surface area (Å²) in [7, 11) is 0. The van der Waals surface area contributed by atoms with Crippen molar-refractivity contribution < 1.29 is 4.74 Å². The van der Waals surface area contributed by atoms with E-state index in [0.29, 0.717) is 0 Å². The van der Waals surface area contributed by atoms with Gasteiger partial charge in [-0.05, 0) is 54.0 Å². The predicted molar refractivity (Wildman–Crippen MR) is 83.6 cm³/mol. The Hall–Kier alpha value is -1.74. The van der Waals surface area contributed by atoms with Gasteiger partial charge in [0.05, 0.1) is 6.61 Å². The number of aryl methyl sites for hydroxylation is 3. The Labute approximate surface area is 125 Å². The third kappa shape index (κ3) is 2.46. The molecule has 0 bridgehead atoms. The summed E-state index contributed by atoms with van der Waals surface area (Å²) in [4.78, 5) is 0. The molecule has 0 radical (unpaired) electrons. The molecule has 2 aromatic rings. The van der Waals surface area contributed by atoms with E-state index in [9.17, 15) is 0 Å². The van der Waals surface area contributed by atoms with Crippen LogP contribution in [-0.2, 0) is 25.8 Å². The van der Waals surface area contributed by atoms with Crippen LogP contribution < -0.4 is 10.5 Å². The molecule has 1 aromatic carbocycles. The second kappa shape index (κ2) is 5.23. The Morgan fingerprint density at radius 2 is 2.14 bits per heavy atom. The highest BCUT2D eigenvalue weighted by molar-refractivity contribution is 5.40. The van der Waals surface area contributed by atoms with Crippen LogP contribution in [0.5, 0.6) is 5.75 Å². The molecule has 1 aliphatic carbocycles. The lowest BCUT2D eigenvalue weighted by Gasteiger charge is -2.17. The zero-order chi connectivity index (χ0) is 14.2. The fraction of sp³-hybridized carbons (Fsp3) is 0.444. The second-order valence-electron chi connectivity index (χ2n) is 6.27. The number of aromatic nitrogens is 1. The van der Waals surface area contributed by atoms with Gasteiger partial charge in [0.25, 0.3) is 0 Å². The van der Waals surface area contributed by atoms with Crippen molar-refractivity contribution in [3.8, 4) is 5.75 Å². The molecule has 0 saturated heterocycles. The van der Waals surface area contributed by atoms with Crippen molar-refractivity contribution in [2.45, 2.75) is 44.7 Å². The summed E-state index contributed by atoms with van der Waals surface area (Å²) in [6.45, 7) is 1.86. The molecule has 1 aliphatic heterocycles. The van der Waals surface area contributed by atoms with Crippen LogP contribution in [0.4, 0.5) is 0 Å². The van der Waals surface area contributed by atoms with E-state index in [1.165, 1.54) is 35.1 Å². The summed E-state index contributed by atoms with van der Waals surface area (Å²) >= 11 is 0. The lowest BCUT2D eigenvalue weighted by molar-refractivity contribution is 0.357. The third-order valence-corrected chi connectivity index (χ3v) is 4.77. The molecule has 21 heavy (non-hydrogen) atoms. The van der Waals surface area contributed by atoms with Gasteiger partial charge < -0.3 is 15.0 Å². The number of benzene rings is 1. The zero-order valence-electron chi connectivity index (χ0n) is 12.3. The van der Waals surface area contributed by atoms with Crippen molar-refractivity contribution in [2.24, 2.45) is 5.73 Å². The first-order chi connectivity index (χ1) is 10.3. The van der Waals surface area contributed by atoms with Crippen LogP contribution in [-0.4, -0.2) is 11.2 Å². The number of nitrogens with zero attached hydrogens (tertiary/aromatic N) is 1. The first kappa shape index (κ1) is 13.0. The molecule has 4 rings (SSSR count). The smallest absolute Gasteiger partial charge is 0.122 e. The summed E-state index contributed by atoms with van der Waals surface area (Å²) in [5, 5.41) is 0. The first-order valence-corrected chi connectivity index (χ1v) is 7.98. The minimum atomic E-state index is 0.243. The molecule has 2 aliphatic rings. The molecule has 1 atom stereocenters. The normalized spacial score (nSPS) is 20.0. The topological polar surface area (TPSA) is 40.2 Å². The van der Waals surface area contributed by atoms with Gasteiger partial charge in [-0.1, -0.05) is 12.1 Å². The maximum atomic E-state index is 6.20. The maximum absolute atomic E-state index is 6.20. The van der Waals surface area contributed by atoms with Crippen LogP contribution in [0.1, 0.15) is 41.1 Å². The van der Waals surface area contributed by atoms with Crippen molar-refractivity contribution in [2.75, 3.05) is 6.61 Å². The Morgan fingerprint density at radius 1 is 1.19 bits per heavy atom. The van der Waals surface area contributed by atoms with Crippen molar-refractivity contribution in [3.05, 3.63) is 52.8 Å². The van der Waals surface area contributed by atoms with E-state index in [4.69, 9.17) is 10.5 Å². The van der Waals surface area contributed by atoms with Crippen molar-refractivity contribution in [3.63, 3.8) is 0 Å². The van der Waals surface area contributed by atoms with Gasteiger partial charge in [0.1, 0.15) is 5.75 Å². The highest BCUT2D eigenvalue weighted by Crippen LogP contribution is 2.29. The molecular weight excluding hydrogens is 260 g/mol. The molecule has 2 heterocycles. The molecule has 1 unspecified atom stereocenters. The van der Waals surface area contributed by atoms with Crippen molar-refractivity contribution in [1.29, 1.82) is 0 Å². The van der Waals surface area contributed by atoms with Gasteiger partial charge in [-0.15, -0.1) is 0 Å².